The van der Waals surface area contributed by atoms with E-state index in [2.05, 4.69) is 10.3 Å². The molecule has 2 fully saturated rings. The van der Waals surface area contributed by atoms with Crippen LogP contribution in [0.5, 0.6) is 0 Å². The summed E-state index contributed by atoms with van der Waals surface area (Å²) in [5.74, 6) is 0.279. The number of carbonyl (C=O) groups is 2. The van der Waals surface area contributed by atoms with E-state index in [0.29, 0.717) is 13.0 Å². The molecule has 2 heterocycles. The third-order valence-electron chi connectivity index (χ3n) is 4.59. The Morgan fingerprint density at radius 3 is 2.81 bits per heavy atom. The number of nitrogens with one attached hydrogen (secondary N) is 1. The Morgan fingerprint density at radius 2 is 2.19 bits per heavy atom. The van der Waals surface area contributed by atoms with E-state index in [9.17, 15) is 9.59 Å². The van der Waals surface area contributed by atoms with Crippen LogP contribution in [-0.2, 0) is 16.1 Å². The first-order valence-electron chi connectivity index (χ1n) is 7.51. The smallest absolute Gasteiger partial charge is 0.248 e. The minimum Gasteiger partial charge on any atom is -0.342 e. The van der Waals surface area contributed by atoms with Gasteiger partial charge >= 0.3 is 0 Å². The number of amides is 2. The van der Waals surface area contributed by atoms with E-state index in [1.54, 1.807) is 12.4 Å². The van der Waals surface area contributed by atoms with Gasteiger partial charge in [0.15, 0.2) is 0 Å². The topological polar surface area (TPSA) is 62.3 Å². The molecule has 0 aromatic carbocycles. The van der Waals surface area contributed by atoms with Crippen LogP contribution in [0.1, 0.15) is 38.7 Å². The first-order chi connectivity index (χ1) is 10.0. The number of rotatable bonds is 3. The van der Waals surface area contributed by atoms with E-state index in [-0.39, 0.29) is 23.8 Å². The number of nitrogens with zero attached hydrogens (tertiary/aromatic N) is 2. The molecule has 2 aliphatic rings. The molecule has 2 unspecified atom stereocenters. The second-order valence-corrected chi connectivity index (χ2v) is 6.37. The van der Waals surface area contributed by atoms with E-state index in [1.807, 2.05) is 30.9 Å². The summed E-state index contributed by atoms with van der Waals surface area (Å²) in [7, 11) is 0. The van der Waals surface area contributed by atoms with E-state index >= 15 is 0 Å². The lowest BCUT2D eigenvalue weighted by Gasteiger charge is -2.34. The Labute approximate surface area is 124 Å². The van der Waals surface area contributed by atoms with Crippen LogP contribution in [0.4, 0.5) is 0 Å². The highest BCUT2D eigenvalue weighted by Crippen LogP contribution is 2.42. The summed E-state index contributed by atoms with van der Waals surface area (Å²) in [5.41, 5.74) is 0.245. The van der Waals surface area contributed by atoms with Crippen molar-refractivity contribution < 1.29 is 9.59 Å². The number of hydrogen-bond acceptors (Lipinski definition) is 3. The van der Waals surface area contributed by atoms with Crippen LogP contribution in [0, 0.1) is 5.92 Å². The van der Waals surface area contributed by atoms with Crippen molar-refractivity contribution in [3.8, 4) is 0 Å². The molecule has 1 saturated heterocycles. The Kier molecular flexibility index (Phi) is 3.43. The molecular formula is C16H21N3O2. The summed E-state index contributed by atoms with van der Waals surface area (Å²) >= 11 is 0. The van der Waals surface area contributed by atoms with Crippen molar-refractivity contribution in [1.82, 2.24) is 15.2 Å². The van der Waals surface area contributed by atoms with E-state index in [0.717, 1.165) is 18.4 Å². The third-order valence-corrected chi connectivity index (χ3v) is 4.59. The van der Waals surface area contributed by atoms with Crippen molar-refractivity contribution in [1.29, 1.82) is 0 Å². The first-order valence-corrected chi connectivity index (χ1v) is 7.51. The highest BCUT2D eigenvalue weighted by atomic mass is 16.2. The van der Waals surface area contributed by atoms with Crippen LogP contribution in [-0.4, -0.2) is 33.3 Å². The van der Waals surface area contributed by atoms with Gasteiger partial charge in [-0.2, -0.15) is 0 Å². The summed E-state index contributed by atoms with van der Waals surface area (Å²) < 4.78 is 0. The van der Waals surface area contributed by atoms with Crippen LogP contribution in [0.15, 0.2) is 24.5 Å². The van der Waals surface area contributed by atoms with Gasteiger partial charge in [-0.1, -0.05) is 6.07 Å². The molecule has 1 aromatic heterocycles. The van der Waals surface area contributed by atoms with Crippen molar-refractivity contribution in [2.24, 2.45) is 5.92 Å². The van der Waals surface area contributed by atoms with Crippen molar-refractivity contribution in [3.05, 3.63) is 30.1 Å². The zero-order chi connectivity index (χ0) is 15.0. The Hall–Kier alpha value is -1.91. The van der Waals surface area contributed by atoms with Crippen LogP contribution in [0.3, 0.4) is 0 Å². The predicted molar refractivity (Wildman–Crippen MR) is 78.1 cm³/mol. The standard InChI is InChI=1S/C16H21N3O2/c1-11-8-14(20)18-16(2,13-5-6-13)15(21)19(11)10-12-4-3-7-17-9-12/h3-4,7,9,11,13H,5-6,8,10H2,1-2H3,(H,18,20). The molecule has 1 N–H and O–H groups in total. The monoisotopic (exact) mass is 287 g/mol. The lowest BCUT2D eigenvalue weighted by molar-refractivity contribution is -0.141. The minimum atomic E-state index is -0.746. The SMILES string of the molecule is CC1CC(=O)NC(C)(C2CC2)C(=O)N1Cc1cccnc1. The molecule has 1 aliphatic heterocycles. The molecule has 0 spiro atoms. The molecular weight excluding hydrogens is 266 g/mol. The normalized spacial score (nSPS) is 30.0. The summed E-state index contributed by atoms with van der Waals surface area (Å²) in [4.78, 5) is 31.0. The second kappa shape index (κ2) is 5.13. The van der Waals surface area contributed by atoms with Gasteiger partial charge in [-0.25, -0.2) is 0 Å². The fourth-order valence-corrected chi connectivity index (χ4v) is 3.12. The Balaban J connectivity index is 1.89. The predicted octanol–water partition coefficient (Wildman–Crippen LogP) is 1.49. The molecule has 1 aliphatic carbocycles. The van der Waals surface area contributed by atoms with Crippen LogP contribution < -0.4 is 5.32 Å². The van der Waals surface area contributed by atoms with Gasteiger partial charge < -0.3 is 10.2 Å². The fraction of sp³-hybridized carbons (Fsp3) is 0.562. The Bertz CT molecular complexity index is 556. The zero-order valence-corrected chi connectivity index (χ0v) is 12.5. The van der Waals surface area contributed by atoms with Crippen molar-refractivity contribution in [2.75, 3.05) is 0 Å². The summed E-state index contributed by atoms with van der Waals surface area (Å²) in [6.45, 7) is 4.32. The molecule has 21 heavy (non-hydrogen) atoms. The minimum absolute atomic E-state index is 0.0288. The quantitative estimate of drug-likeness (QED) is 0.916. The van der Waals surface area contributed by atoms with Gasteiger partial charge in [-0.15, -0.1) is 0 Å². The van der Waals surface area contributed by atoms with E-state index in [1.165, 1.54) is 0 Å². The third kappa shape index (κ3) is 2.64. The molecule has 2 atom stereocenters. The van der Waals surface area contributed by atoms with Gasteiger partial charge in [0.1, 0.15) is 5.54 Å². The molecule has 0 radical (unpaired) electrons. The number of hydrogen-bond donors (Lipinski definition) is 1. The van der Waals surface area contributed by atoms with Gasteiger partial charge in [0.05, 0.1) is 0 Å². The molecule has 3 rings (SSSR count). The second-order valence-electron chi connectivity index (χ2n) is 6.37. The van der Waals surface area contributed by atoms with Gasteiger partial charge in [-0.3, -0.25) is 14.6 Å². The first kappa shape index (κ1) is 14.0. The number of pyridine rings is 1. The van der Waals surface area contributed by atoms with E-state index in [4.69, 9.17) is 0 Å². The number of carbonyl (C=O) groups excluding carboxylic acids is 2. The van der Waals surface area contributed by atoms with Crippen molar-refractivity contribution in [2.45, 2.75) is 51.2 Å². The fourth-order valence-electron chi connectivity index (χ4n) is 3.12. The zero-order valence-electron chi connectivity index (χ0n) is 12.5. The lowest BCUT2D eigenvalue weighted by Crippen LogP contribution is -2.57. The van der Waals surface area contributed by atoms with Crippen molar-refractivity contribution in [3.63, 3.8) is 0 Å². The van der Waals surface area contributed by atoms with Gasteiger partial charge in [0.2, 0.25) is 11.8 Å². The molecule has 2 amide bonds. The molecule has 5 heteroatoms. The maximum atomic E-state index is 13.0. The molecule has 1 saturated carbocycles. The van der Waals surface area contributed by atoms with E-state index < -0.39 is 5.54 Å². The van der Waals surface area contributed by atoms with Gasteiger partial charge in [0.25, 0.3) is 0 Å². The molecule has 0 bridgehead atoms. The maximum Gasteiger partial charge on any atom is 0.248 e. The highest BCUT2D eigenvalue weighted by Gasteiger charge is 2.52. The van der Waals surface area contributed by atoms with Gasteiger partial charge in [-0.05, 0) is 44.2 Å². The summed E-state index contributed by atoms with van der Waals surface area (Å²) in [6, 6.07) is 3.73. The molecule has 112 valence electrons. The molecule has 5 nitrogen and oxygen atoms in total. The maximum absolute atomic E-state index is 13.0. The summed E-state index contributed by atoms with van der Waals surface area (Å²) in [5, 5.41) is 2.97. The van der Waals surface area contributed by atoms with Gasteiger partial charge in [0, 0.05) is 31.4 Å². The number of aromatic nitrogens is 1. The lowest BCUT2D eigenvalue weighted by atomic mass is 9.93. The summed E-state index contributed by atoms with van der Waals surface area (Å²) in [6.07, 6.45) is 5.87. The van der Waals surface area contributed by atoms with Crippen molar-refractivity contribution >= 4 is 11.8 Å². The van der Waals surface area contributed by atoms with Crippen LogP contribution >= 0.6 is 0 Å². The highest BCUT2D eigenvalue weighted by molar-refractivity contribution is 5.94. The van der Waals surface area contributed by atoms with Crippen LogP contribution in [0.25, 0.3) is 0 Å². The average molecular weight is 287 g/mol. The largest absolute Gasteiger partial charge is 0.342 e. The molecule has 1 aromatic rings. The average Bonchev–Trinajstić information content (AvgIpc) is 3.29. The Morgan fingerprint density at radius 1 is 1.43 bits per heavy atom. The van der Waals surface area contributed by atoms with Crippen LogP contribution in [0.2, 0.25) is 0 Å².